The molecule has 1 rings (SSSR count). The molecule has 0 aromatic heterocycles. The number of benzene rings is 1. The molecule has 1 aromatic rings. The number of amides is 1. The largest absolute Gasteiger partial charge is 0.399 e. The number of rotatable bonds is 4. The van der Waals surface area contributed by atoms with Gasteiger partial charge in [0.05, 0.1) is 13.0 Å². The summed E-state index contributed by atoms with van der Waals surface area (Å²) >= 11 is 0. The summed E-state index contributed by atoms with van der Waals surface area (Å²) in [6.45, 7) is 0.443. The number of nitrogens with zero attached hydrogens (tertiary/aromatic N) is 1. The molecule has 0 saturated carbocycles. The molecule has 0 atom stereocenters. The number of nitrogen functional groups attached to an aromatic ring is 1. The van der Waals surface area contributed by atoms with Crippen molar-refractivity contribution in [2.24, 2.45) is 0 Å². The van der Waals surface area contributed by atoms with Gasteiger partial charge < -0.3 is 15.4 Å². The van der Waals surface area contributed by atoms with Crippen molar-refractivity contribution in [1.82, 2.24) is 0 Å². The Hall–Kier alpha value is -1.55. The van der Waals surface area contributed by atoms with E-state index in [2.05, 4.69) is 0 Å². The molecule has 0 unspecified atom stereocenters. The number of carbonyl (C=O) groups is 1. The van der Waals surface area contributed by atoms with Gasteiger partial charge in [0.25, 0.3) is 0 Å². The van der Waals surface area contributed by atoms with E-state index in [0.29, 0.717) is 18.7 Å². The number of nitrogens with two attached hydrogens (primary N) is 1. The molecule has 4 nitrogen and oxygen atoms in total. The Labute approximate surface area is 89.6 Å². The normalized spacial score (nSPS) is 10.0. The number of ether oxygens (including phenoxy) is 1. The van der Waals surface area contributed by atoms with Crippen LogP contribution in [0, 0.1) is 0 Å². The van der Waals surface area contributed by atoms with Gasteiger partial charge >= 0.3 is 0 Å². The van der Waals surface area contributed by atoms with Gasteiger partial charge in [0.15, 0.2) is 0 Å². The molecule has 0 fully saturated rings. The summed E-state index contributed by atoms with van der Waals surface area (Å²) in [5, 5.41) is 0. The average Bonchev–Trinajstić information content (AvgIpc) is 2.26. The van der Waals surface area contributed by atoms with Crippen LogP contribution in [-0.2, 0) is 9.53 Å². The number of methoxy groups -OCH3 is 1. The van der Waals surface area contributed by atoms with Gasteiger partial charge in [-0.3, -0.25) is 4.79 Å². The van der Waals surface area contributed by atoms with E-state index in [1.165, 1.54) is 0 Å². The predicted octanol–water partition coefficient (Wildman–Crippen LogP) is 1.27. The number of hydrogen-bond donors (Lipinski definition) is 1. The first-order valence-electron chi connectivity index (χ1n) is 4.76. The minimum Gasteiger partial charge on any atom is -0.399 e. The highest BCUT2D eigenvalue weighted by Crippen LogP contribution is 2.15. The minimum atomic E-state index is 0.0293. The van der Waals surface area contributed by atoms with Gasteiger partial charge in [0.1, 0.15) is 0 Å². The van der Waals surface area contributed by atoms with Crippen LogP contribution in [0.5, 0.6) is 0 Å². The molecular weight excluding hydrogens is 192 g/mol. The SMILES string of the molecule is COCCC(=O)N(C)c1ccc(N)cc1. The zero-order valence-electron chi connectivity index (χ0n) is 9.06. The highest BCUT2D eigenvalue weighted by Gasteiger charge is 2.09. The molecule has 1 amide bonds. The monoisotopic (exact) mass is 208 g/mol. The van der Waals surface area contributed by atoms with Gasteiger partial charge in [-0.25, -0.2) is 0 Å². The van der Waals surface area contributed by atoms with Gasteiger partial charge in [-0.15, -0.1) is 0 Å². The number of carbonyl (C=O) groups excluding carboxylic acids is 1. The fraction of sp³-hybridized carbons (Fsp3) is 0.364. The van der Waals surface area contributed by atoms with E-state index < -0.39 is 0 Å². The number of hydrogen-bond acceptors (Lipinski definition) is 3. The second kappa shape index (κ2) is 5.36. The lowest BCUT2D eigenvalue weighted by molar-refractivity contribution is -0.119. The van der Waals surface area contributed by atoms with Crippen LogP contribution in [0.15, 0.2) is 24.3 Å². The van der Waals surface area contributed by atoms with Crippen molar-refractivity contribution in [3.8, 4) is 0 Å². The lowest BCUT2D eigenvalue weighted by Crippen LogP contribution is -2.26. The van der Waals surface area contributed by atoms with Crippen molar-refractivity contribution in [3.05, 3.63) is 24.3 Å². The van der Waals surface area contributed by atoms with Gasteiger partial charge in [0, 0.05) is 25.5 Å². The van der Waals surface area contributed by atoms with Crippen LogP contribution < -0.4 is 10.6 Å². The fourth-order valence-electron chi connectivity index (χ4n) is 1.20. The molecule has 0 heterocycles. The standard InChI is InChI=1S/C11H16N2O2/c1-13(11(14)7-8-15-2)10-5-3-9(12)4-6-10/h3-6H,7-8,12H2,1-2H3. The molecule has 0 aliphatic heterocycles. The number of anilines is 2. The molecule has 0 radical (unpaired) electrons. The molecule has 4 heteroatoms. The third-order valence-electron chi connectivity index (χ3n) is 2.17. The van der Waals surface area contributed by atoms with Crippen LogP contribution in [-0.4, -0.2) is 26.7 Å². The van der Waals surface area contributed by atoms with E-state index in [4.69, 9.17) is 10.5 Å². The second-order valence-electron chi connectivity index (χ2n) is 3.29. The molecule has 0 spiro atoms. The van der Waals surface area contributed by atoms with E-state index >= 15 is 0 Å². The molecule has 0 saturated heterocycles. The van der Waals surface area contributed by atoms with Gasteiger partial charge in [-0.2, -0.15) is 0 Å². The molecule has 1 aromatic carbocycles. The minimum absolute atomic E-state index is 0.0293. The Morgan fingerprint density at radius 2 is 2.00 bits per heavy atom. The van der Waals surface area contributed by atoms with E-state index in [1.807, 2.05) is 12.1 Å². The summed E-state index contributed by atoms with van der Waals surface area (Å²) in [6.07, 6.45) is 0.386. The molecule has 0 bridgehead atoms. The predicted molar refractivity (Wildman–Crippen MR) is 60.8 cm³/mol. The third-order valence-corrected chi connectivity index (χ3v) is 2.17. The smallest absolute Gasteiger partial charge is 0.229 e. The summed E-state index contributed by atoms with van der Waals surface area (Å²) in [5.41, 5.74) is 7.09. The Bertz CT molecular complexity index is 322. The van der Waals surface area contributed by atoms with Crippen molar-refractivity contribution in [2.75, 3.05) is 31.4 Å². The van der Waals surface area contributed by atoms with Crippen molar-refractivity contribution >= 4 is 17.3 Å². The van der Waals surface area contributed by atoms with Gasteiger partial charge in [-0.1, -0.05) is 0 Å². The lowest BCUT2D eigenvalue weighted by atomic mass is 10.2. The second-order valence-corrected chi connectivity index (χ2v) is 3.29. The molecule has 0 aliphatic rings. The summed E-state index contributed by atoms with van der Waals surface area (Å²) in [5.74, 6) is 0.0293. The maximum absolute atomic E-state index is 11.6. The summed E-state index contributed by atoms with van der Waals surface area (Å²) in [4.78, 5) is 13.2. The maximum Gasteiger partial charge on any atom is 0.229 e. The highest BCUT2D eigenvalue weighted by atomic mass is 16.5. The van der Waals surface area contributed by atoms with E-state index in [-0.39, 0.29) is 5.91 Å². The zero-order chi connectivity index (χ0) is 11.3. The Kier molecular flexibility index (Phi) is 4.12. The fourth-order valence-corrected chi connectivity index (χ4v) is 1.20. The maximum atomic E-state index is 11.6. The van der Waals surface area contributed by atoms with Gasteiger partial charge in [-0.05, 0) is 24.3 Å². The van der Waals surface area contributed by atoms with Gasteiger partial charge in [0.2, 0.25) is 5.91 Å². The van der Waals surface area contributed by atoms with Crippen molar-refractivity contribution in [1.29, 1.82) is 0 Å². The summed E-state index contributed by atoms with van der Waals surface area (Å²) < 4.78 is 4.85. The first-order chi connectivity index (χ1) is 7.15. The van der Waals surface area contributed by atoms with Crippen LogP contribution in [0.4, 0.5) is 11.4 Å². The first kappa shape index (κ1) is 11.5. The summed E-state index contributed by atoms with van der Waals surface area (Å²) in [6, 6.07) is 7.19. The van der Waals surface area contributed by atoms with Crippen molar-refractivity contribution < 1.29 is 9.53 Å². The molecule has 2 N–H and O–H groups in total. The van der Waals surface area contributed by atoms with E-state index in [0.717, 1.165) is 5.69 Å². The van der Waals surface area contributed by atoms with E-state index in [1.54, 1.807) is 31.2 Å². The highest BCUT2D eigenvalue weighted by molar-refractivity contribution is 5.92. The zero-order valence-corrected chi connectivity index (χ0v) is 9.06. The van der Waals surface area contributed by atoms with Crippen LogP contribution in [0.1, 0.15) is 6.42 Å². The van der Waals surface area contributed by atoms with Crippen molar-refractivity contribution in [3.63, 3.8) is 0 Å². The Morgan fingerprint density at radius 1 is 1.40 bits per heavy atom. The first-order valence-corrected chi connectivity index (χ1v) is 4.76. The molecule has 0 aliphatic carbocycles. The third kappa shape index (κ3) is 3.25. The van der Waals surface area contributed by atoms with Crippen LogP contribution in [0.25, 0.3) is 0 Å². The van der Waals surface area contributed by atoms with E-state index in [9.17, 15) is 4.79 Å². The topological polar surface area (TPSA) is 55.6 Å². The molecule has 15 heavy (non-hydrogen) atoms. The lowest BCUT2D eigenvalue weighted by Gasteiger charge is -2.17. The summed E-state index contributed by atoms with van der Waals surface area (Å²) in [7, 11) is 3.32. The van der Waals surface area contributed by atoms with Crippen molar-refractivity contribution in [2.45, 2.75) is 6.42 Å². The van der Waals surface area contributed by atoms with Crippen LogP contribution >= 0.6 is 0 Å². The quantitative estimate of drug-likeness (QED) is 0.758. The molecule has 82 valence electrons. The average molecular weight is 208 g/mol. The van der Waals surface area contributed by atoms with Crippen LogP contribution in [0.2, 0.25) is 0 Å². The Morgan fingerprint density at radius 3 is 2.53 bits per heavy atom. The van der Waals surface area contributed by atoms with Crippen LogP contribution in [0.3, 0.4) is 0 Å². The Balaban J connectivity index is 2.63. The molecular formula is C11H16N2O2.